The molecule has 2 aromatic carbocycles. The average molecular weight is 1030 g/mol. The molecular weight excluding hydrogens is 975 g/mol. The summed E-state index contributed by atoms with van der Waals surface area (Å²) in [4.78, 5) is 25.6. The van der Waals surface area contributed by atoms with Gasteiger partial charge in [-0.05, 0) is 75.2 Å². The lowest BCUT2D eigenvalue weighted by Gasteiger charge is -2.21. The summed E-state index contributed by atoms with van der Waals surface area (Å²) in [5.41, 5.74) is 2.52. The molecule has 8 rings (SSSR count). The number of halogens is 2. The third-order valence-electron chi connectivity index (χ3n) is 11.2. The molecule has 0 amide bonds. The van der Waals surface area contributed by atoms with Gasteiger partial charge in [-0.15, -0.1) is 20.4 Å². The molecule has 0 saturated heterocycles. The van der Waals surface area contributed by atoms with Crippen molar-refractivity contribution in [3.8, 4) is 46.2 Å². The largest absolute Gasteiger partial charge is 0.481 e. The van der Waals surface area contributed by atoms with E-state index in [1.165, 1.54) is 87.8 Å². The number of methoxy groups -OCH3 is 4. The van der Waals surface area contributed by atoms with Crippen LogP contribution in [0.4, 0.5) is 8.78 Å². The van der Waals surface area contributed by atoms with E-state index in [0.717, 1.165) is 11.1 Å². The molecule has 0 fully saturated rings. The van der Waals surface area contributed by atoms with Crippen LogP contribution in [0, 0.1) is 25.5 Å². The minimum Gasteiger partial charge on any atom is -0.481 e. The lowest BCUT2D eigenvalue weighted by atomic mass is 10.2. The topological polar surface area (TPSA) is 244 Å². The lowest BCUT2D eigenvalue weighted by molar-refractivity contribution is 0.0947. The van der Waals surface area contributed by atoms with Gasteiger partial charge in [-0.2, -0.15) is 0 Å². The van der Waals surface area contributed by atoms with Crippen molar-refractivity contribution < 1.29 is 44.6 Å². The van der Waals surface area contributed by atoms with Crippen molar-refractivity contribution in [2.24, 2.45) is 0 Å². The number of aryl methyl sites for hydroxylation is 2. The van der Waals surface area contributed by atoms with E-state index in [9.17, 15) is 25.6 Å². The van der Waals surface area contributed by atoms with Gasteiger partial charge in [0.15, 0.2) is 54.6 Å². The molecule has 0 aliphatic rings. The Morgan fingerprint density at radius 2 is 0.875 bits per heavy atom. The monoisotopic (exact) mass is 1020 g/mol. The van der Waals surface area contributed by atoms with Crippen LogP contribution in [0.3, 0.4) is 0 Å². The van der Waals surface area contributed by atoms with E-state index >= 15 is 0 Å². The van der Waals surface area contributed by atoms with Gasteiger partial charge in [0, 0.05) is 51.1 Å². The highest BCUT2D eigenvalue weighted by Gasteiger charge is 2.37. The first-order chi connectivity index (χ1) is 34.5. The van der Waals surface area contributed by atoms with E-state index in [4.69, 9.17) is 18.9 Å². The van der Waals surface area contributed by atoms with E-state index in [0.29, 0.717) is 23.1 Å². The van der Waals surface area contributed by atoms with E-state index in [2.05, 4.69) is 50.3 Å². The average Bonchev–Trinajstić information content (AvgIpc) is 3.99. The molecule has 24 heteroatoms. The summed E-state index contributed by atoms with van der Waals surface area (Å²) in [5, 5.41) is 14.5. The van der Waals surface area contributed by atoms with Gasteiger partial charge in [-0.25, -0.2) is 55.5 Å². The van der Waals surface area contributed by atoms with E-state index < -0.39 is 65.5 Å². The van der Waals surface area contributed by atoms with Crippen LogP contribution in [-0.4, -0.2) is 115 Å². The molecule has 20 nitrogen and oxygen atoms in total. The van der Waals surface area contributed by atoms with Crippen molar-refractivity contribution in [2.45, 2.75) is 61.9 Å². The zero-order chi connectivity index (χ0) is 51.7. The van der Waals surface area contributed by atoms with Gasteiger partial charge >= 0.3 is 0 Å². The Kier molecular flexibility index (Phi) is 16.5. The number of benzene rings is 2. The highest BCUT2D eigenvalue weighted by molar-refractivity contribution is 7.91. The number of hydrogen-bond acceptors (Lipinski definition) is 18. The van der Waals surface area contributed by atoms with Crippen LogP contribution in [0.5, 0.6) is 11.8 Å². The molecule has 0 aliphatic carbocycles. The number of rotatable bonds is 18. The highest BCUT2D eigenvalue weighted by Crippen LogP contribution is 2.31. The molecule has 0 bridgehead atoms. The van der Waals surface area contributed by atoms with Crippen LogP contribution < -0.4 is 9.47 Å². The van der Waals surface area contributed by atoms with Crippen LogP contribution in [0.1, 0.15) is 60.5 Å². The van der Waals surface area contributed by atoms with Gasteiger partial charge in [0.2, 0.25) is 11.8 Å². The number of hydrogen-bond donors (Lipinski definition) is 0. The third kappa shape index (κ3) is 11.6. The maximum absolute atomic E-state index is 14.9. The van der Waals surface area contributed by atoms with Gasteiger partial charge in [0.25, 0.3) is 0 Å². The van der Waals surface area contributed by atoms with Crippen LogP contribution in [0.25, 0.3) is 34.4 Å². The summed E-state index contributed by atoms with van der Waals surface area (Å²) in [5.74, 6) is -0.713. The summed E-state index contributed by atoms with van der Waals surface area (Å²) >= 11 is 0. The minimum atomic E-state index is -3.90. The Morgan fingerprint density at radius 1 is 0.514 bits per heavy atom. The maximum Gasteiger partial charge on any atom is 0.213 e. The first-order valence-electron chi connectivity index (χ1n) is 22.0. The Balaban J connectivity index is 0.000000211. The molecule has 0 radical (unpaired) electrons. The third-order valence-corrected chi connectivity index (χ3v) is 15.3. The molecule has 4 atom stereocenters. The SMILES string of the molecule is COc1cccc(-c2nnc(CS(=O)(=O)[C@@H](C)[C@H](OC)c3ncc(C)cn3)n2-c2ccccc2F)n1.COc1cccc(-c2nnc(CS(=O)(=O)[C@@H](C)[C@H](OC)c3ncc(C)cn3)n2-c2ccccc2F)n1. The van der Waals surface area contributed by atoms with Gasteiger partial charge < -0.3 is 18.9 Å². The van der Waals surface area contributed by atoms with Crippen LogP contribution in [0.15, 0.2) is 110 Å². The summed E-state index contributed by atoms with van der Waals surface area (Å²) < 4.78 is 108. The predicted octanol–water partition coefficient (Wildman–Crippen LogP) is 6.53. The molecule has 0 aliphatic heterocycles. The van der Waals surface area contributed by atoms with Crippen molar-refractivity contribution in [1.82, 2.24) is 59.4 Å². The fourth-order valence-electron chi connectivity index (χ4n) is 7.34. The lowest BCUT2D eigenvalue weighted by Crippen LogP contribution is -2.30. The molecule has 72 heavy (non-hydrogen) atoms. The second kappa shape index (κ2) is 22.7. The molecule has 0 N–H and O–H groups in total. The molecule has 0 saturated carbocycles. The number of ether oxygens (including phenoxy) is 4. The van der Waals surface area contributed by atoms with Crippen molar-refractivity contribution in [3.63, 3.8) is 0 Å². The second-order valence-electron chi connectivity index (χ2n) is 16.2. The van der Waals surface area contributed by atoms with E-state index in [-0.39, 0.29) is 46.3 Å². The van der Waals surface area contributed by atoms with E-state index in [1.807, 2.05) is 13.8 Å². The summed E-state index contributed by atoms with van der Waals surface area (Å²) in [6, 6.07) is 21.9. The summed E-state index contributed by atoms with van der Waals surface area (Å²) in [6.07, 6.45) is 4.54. The first-order valence-corrected chi connectivity index (χ1v) is 25.4. The zero-order valence-electron chi connectivity index (χ0n) is 40.3. The summed E-state index contributed by atoms with van der Waals surface area (Å²) in [6.45, 7) is 6.69. The number of aromatic nitrogens is 12. The summed E-state index contributed by atoms with van der Waals surface area (Å²) in [7, 11) is -2.07. The quantitative estimate of drug-likeness (QED) is 0.0886. The molecule has 0 unspecified atom stereocenters. The standard InChI is InChI=1S/2C24H25FN6O4S/c2*1-15-12-26-23(27-13-15)22(35-4)16(2)36(32,33)14-20-29-30-24(18-9-7-11-21(28-18)34-3)31(20)19-10-6-5-8-17(19)25/h2*5-13,16,22H,14H2,1-4H3/t2*16-,22-/m00/s1. The number of nitrogens with zero attached hydrogens (tertiary/aromatic N) is 12. The molecule has 6 heterocycles. The Labute approximate surface area is 414 Å². The minimum absolute atomic E-state index is 0.0197. The molecule has 0 spiro atoms. The Morgan fingerprint density at radius 3 is 1.21 bits per heavy atom. The fraction of sp³-hybridized carbons (Fsp3) is 0.292. The number of para-hydroxylation sites is 2. The maximum atomic E-state index is 14.9. The zero-order valence-corrected chi connectivity index (χ0v) is 42.0. The van der Waals surface area contributed by atoms with Gasteiger partial charge in [-0.1, -0.05) is 36.4 Å². The Bertz CT molecular complexity index is 3140. The second-order valence-corrected chi connectivity index (χ2v) is 20.9. The smallest absolute Gasteiger partial charge is 0.213 e. The first kappa shape index (κ1) is 52.3. The molecular formula is C48H50F2N12O8S2. The van der Waals surface area contributed by atoms with Crippen LogP contribution >= 0.6 is 0 Å². The van der Waals surface area contributed by atoms with Crippen LogP contribution in [-0.2, 0) is 40.7 Å². The molecule has 8 aromatic rings. The normalized spacial score (nSPS) is 13.4. The van der Waals surface area contributed by atoms with Gasteiger partial charge in [-0.3, -0.25) is 9.13 Å². The van der Waals surface area contributed by atoms with Crippen molar-refractivity contribution in [3.05, 3.63) is 156 Å². The van der Waals surface area contributed by atoms with E-state index in [1.54, 1.807) is 73.3 Å². The fourth-order valence-corrected chi connectivity index (χ4v) is 10.2. The van der Waals surface area contributed by atoms with Crippen molar-refractivity contribution in [2.75, 3.05) is 28.4 Å². The predicted molar refractivity (Wildman–Crippen MR) is 259 cm³/mol. The molecule has 376 valence electrons. The number of pyridine rings is 2. The highest BCUT2D eigenvalue weighted by atomic mass is 32.2. The van der Waals surface area contributed by atoms with Crippen molar-refractivity contribution in [1.29, 1.82) is 0 Å². The number of sulfone groups is 2. The molecule has 6 aromatic heterocycles. The Hall–Kier alpha value is -7.54. The van der Waals surface area contributed by atoms with Crippen LogP contribution in [0.2, 0.25) is 0 Å². The van der Waals surface area contributed by atoms with Gasteiger partial charge in [0.05, 0.1) is 36.1 Å². The van der Waals surface area contributed by atoms with Gasteiger partial charge in [0.1, 0.15) is 46.7 Å². The van der Waals surface area contributed by atoms with Crippen molar-refractivity contribution >= 4 is 19.7 Å².